The van der Waals surface area contributed by atoms with Crippen LogP contribution in [0.1, 0.15) is 19.8 Å². The lowest BCUT2D eigenvalue weighted by atomic mass is 10.4. The summed E-state index contributed by atoms with van der Waals surface area (Å²) >= 11 is 0. The molecule has 0 unspecified atom stereocenters. The molecule has 1 rings (SSSR count). The molecule has 0 fully saturated rings. The van der Waals surface area contributed by atoms with Crippen LogP contribution in [0.4, 0.5) is 0 Å². The van der Waals surface area contributed by atoms with Crippen LogP contribution in [0.25, 0.3) is 0 Å². The molecule has 1 heterocycles. The van der Waals surface area contributed by atoms with Gasteiger partial charge in [0.25, 0.3) is 0 Å². The second kappa shape index (κ2) is 4.64. The van der Waals surface area contributed by atoms with Gasteiger partial charge >= 0.3 is 0 Å². The fourth-order valence-corrected chi connectivity index (χ4v) is 0.866. The van der Waals surface area contributed by atoms with Gasteiger partial charge in [0.1, 0.15) is 5.84 Å². The largest absolute Gasteiger partial charge is 0.349 e. The normalized spacial score (nSPS) is 15.6. The van der Waals surface area contributed by atoms with E-state index in [1.165, 1.54) is 0 Å². The van der Waals surface area contributed by atoms with E-state index < -0.39 is 0 Å². The first-order valence-corrected chi connectivity index (χ1v) is 4.15. The van der Waals surface area contributed by atoms with Gasteiger partial charge in [-0.15, -0.1) is 0 Å². The van der Waals surface area contributed by atoms with Crippen LogP contribution in [0.15, 0.2) is 9.98 Å². The Morgan fingerprint density at radius 3 is 3.17 bits per heavy atom. The molecule has 0 bridgehead atoms. The average molecular weight is 167 g/mol. The van der Waals surface area contributed by atoms with Gasteiger partial charge < -0.3 is 5.32 Å². The maximum atomic E-state index is 10.8. The quantitative estimate of drug-likeness (QED) is 0.649. The van der Waals surface area contributed by atoms with Crippen LogP contribution in [-0.2, 0) is 4.79 Å². The minimum absolute atomic E-state index is 0.0403. The van der Waals surface area contributed by atoms with Crippen molar-refractivity contribution in [1.82, 2.24) is 5.32 Å². The number of nitrogens with zero attached hydrogens (tertiary/aromatic N) is 2. The summed E-state index contributed by atoms with van der Waals surface area (Å²) in [6.07, 6.45) is 3.25. The van der Waals surface area contributed by atoms with Crippen molar-refractivity contribution in [2.75, 3.05) is 13.1 Å². The Balaban J connectivity index is 2.27. The number of rotatable bonds is 3. The van der Waals surface area contributed by atoms with Gasteiger partial charge in [0, 0.05) is 25.6 Å². The van der Waals surface area contributed by atoms with Crippen molar-refractivity contribution < 1.29 is 4.79 Å². The first-order valence-electron chi connectivity index (χ1n) is 4.15. The highest BCUT2D eigenvalue weighted by atomic mass is 16.1. The third-order valence-corrected chi connectivity index (χ3v) is 1.56. The zero-order valence-electron chi connectivity index (χ0n) is 7.21. The van der Waals surface area contributed by atoms with Crippen LogP contribution in [0.3, 0.4) is 0 Å². The van der Waals surface area contributed by atoms with E-state index in [1.807, 2.05) is 13.1 Å². The highest BCUT2D eigenvalue weighted by Crippen LogP contribution is 1.90. The number of carbonyl (C=O) groups excluding carboxylic acids is 1. The van der Waals surface area contributed by atoms with Crippen molar-refractivity contribution in [2.24, 2.45) is 9.98 Å². The molecule has 0 atom stereocenters. The van der Waals surface area contributed by atoms with Crippen molar-refractivity contribution in [3.05, 3.63) is 0 Å². The lowest BCUT2D eigenvalue weighted by Crippen LogP contribution is -2.28. The maximum absolute atomic E-state index is 10.8. The van der Waals surface area contributed by atoms with Crippen molar-refractivity contribution >= 4 is 18.0 Å². The summed E-state index contributed by atoms with van der Waals surface area (Å²) in [7, 11) is 0. The molecule has 0 aromatic heterocycles. The summed E-state index contributed by atoms with van der Waals surface area (Å²) in [5.74, 6) is 0.765. The van der Waals surface area contributed by atoms with Crippen LogP contribution in [0, 0.1) is 0 Å². The first kappa shape index (κ1) is 8.90. The molecular weight excluding hydrogens is 154 g/mol. The number of carbonyl (C=O) groups is 1. The summed E-state index contributed by atoms with van der Waals surface area (Å²) in [4.78, 5) is 19.0. The molecule has 4 nitrogen and oxygen atoms in total. The molecule has 0 saturated carbocycles. The van der Waals surface area contributed by atoms with E-state index in [-0.39, 0.29) is 5.91 Å². The van der Waals surface area contributed by atoms with Crippen molar-refractivity contribution in [2.45, 2.75) is 19.8 Å². The molecule has 66 valence electrons. The molecule has 1 aliphatic rings. The zero-order chi connectivity index (χ0) is 8.81. The molecule has 1 amide bonds. The summed E-state index contributed by atoms with van der Waals surface area (Å²) in [5, 5.41) is 2.72. The van der Waals surface area contributed by atoms with Gasteiger partial charge in [-0.2, -0.15) is 0 Å². The van der Waals surface area contributed by atoms with E-state index in [9.17, 15) is 4.79 Å². The summed E-state index contributed by atoms with van der Waals surface area (Å²) in [6.45, 7) is 3.07. The molecule has 0 spiro atoms. The van der Waals surface area contributed by atoms with Crippen LogP contribution < -0.4 is 5.32 Å². The monoisotopic (exact) mass is 167 g/mol. The second-order valence-corrected chi connectivity index (χ2v) is 2.53. The smallest absolute Gasteiger partial charge is 0.220 e. The average Bonchev–Trinajstić information content (AvgIpc) is 2.16. The first-order chi connectivity index (χ1) is 5.83. The van der Waals surface area contributed by atoms with Gasteiger partial charge in [-0.05, 0) is 0 Å². The SMILES string of the molecule is CCC(=O)NCC1=NCCC=N1. The lowest BCUT2D eigenvalue weighted by Gasteiger charge is -2.05. The molecule has 12 heavy (non-hydrogen) atoms. The molecule has 0 aliphatic carbocycles. The molecule has 0 aromatic rings. The molecule has 1 aliphatic heterocycles. The fourth-order valence-electron chi connectivity index (χ4n) is 0.866. The van der Waals surface area contributed by atoms with Crippen molar-refractivity contribution in [3.8, 4) is 0 Å². The van der Waals surface area contributed by atoms with Crippen LogP contribution in [-0.4, -0.2) is 31.0 Å². The minimum atomic E-state index is 0.0403. The number of hydrogen-bond acceptors (Lipinski definition) is 3. The molecule has 0 saturated heterocycles. The summed E-state index contributed by atoms with van der Waals surface area (Å²) in [6, 6.07) is 0. The molecule has 1 N–H and O–H groups in total. The Kier molecular flexibility index (Phi) is 3.44. The predicted octanol–water partition coefficient (Wildman–Crippen LogP) is 0.386. The molecule has 0 radical (unpaired) electrons. The van der Waals surface area contributed by atoms with Crippen molar-refractivity contribution in [1.29, 1.82) is 0 Å². The molecule has 4 heteroatoms. The van der Waals surface area contributed by atoms with E-state index in [0.717, 1.165) is 18.8 Å². The fraction of sp³-hybridized carbons (Fsp3) is 0.625. The van der Waals surface area contributed by atoms with Gasteiger partial charge in [0.05, 0.1) is 6.54 Å². The van der Waals surface area contributed by atoms with Crippen LogP contribution in [0.2, 0.25) is 0 Å². The highest BCUT2D eigenvalue weighted by molar-refractivity contribution is 5.94. The van der Waals surface area contributed by atoms with Gasteiger partial charge in [0.15, 0.2) is 0 Å². The third kappa shape index (κ3) is 2.82. The zero-order valence-corrected chi connectivity index (χ0v) is 7.21. The van der Waals surface area contributed by atoms with Gasteiger partial charge in [-0.25, -0.2) is 4.99 Å². The van der Waals surface area contributed by atoms with Crippen molar-refractivity contribution in [3.63, 3.8) is 0 Å². The van der Waals surface area contributed by atoms with Crippen LogP contribution >= 0.6 is 0 Å². The van der Waals surface area contributed by atoms with E-state index in [0.29, 0.717) is 13.0 Å². The van der Waals surface area contributed by atoms with Gasteiger partial charge in [-0.1, -0.05) is 6.92 Å². The lowest BCUT2D eigenvalue weighted by molar-refractivity contribution is -0.120. The Labute approximate surface area is 71.8 Å². The van der Waals surface area contributed by atoms with Crippen LogP contribution in [0.5, 0.6) is 0 Å². The highest BCUT2D eigenvalue weighted by Gasteiger charge is 2.01. The Morgan fingerprint density at radius 2 is 2.58 bits per heavy atom. The number of amidine groups is 1. The van der Waals surface area contributed by atoms with Gasteiger partial charge in [-0.3, -0.25) is 9.79 Å². The topological polar surface area (TPSA) is 53.8 Å². The molecule has 0 aromatic carbocycles. The number of aliphatic imine (C=N–C) groups is 2. The second-order valence-electron chi connectivity index (χ2n) is 2.53. The summed E-state index contributed by atoms with van der Waals surface area (Å²) in [5.41, 5.74) is 0. The summed E-state index contributed by atoms with van der Waals surface area (Å²) < 4.78 is 0. The van der Waals surface area contributed by atoms with Gasteiger partial charge in [0.2, 0.25) is 5.91 Å². The van der Waals surface area contributed by atoms with E-state index in [1.54, 1.807) is 0 Å². The predicted molar refractivity (Wildman–Crippen MR) is 48.7 cm³/mol. The Morgan fingerprint density at radius 1 is 1.75 bits per heavy atom. The number of amides is 1. The Hall–Kier alpha value is -1.19. The number of nitrogens with one attached hydrogen (secondary N) is 1. The number of hydrogen-bond donors (Lipinski definition) is 1. The molecular formula is C8H13N3O. The third-order valence-electron chi connectivity index (χ3n) is 1.56. The minimum Gasteiger partial charge on any atom is -0.349 e. The Bertz CT molecular complexity index is 220. The standard InChI is InChI=1S/C8H13N3O/c1-2-8(12)11-6-7-9-4-3-5-10-7/h4H,2-3,5-6H2,1H3,(H,11,12). The van der Waals surface area contributed by atoms with E-state index in [2.05, 4.69) is 15.3 Å². The van der Waals surface area contributed by atoms with E-state index in [4.69, 9.17) is 0 Å². The maximum Gasteiger partial charge on any atom is 0.220 e. The van der Waals surface area contributed by atoms with E-state index >= 15 is 0 Å².